The van der Waals surface area contributed by atoms with Crippen molar-refractivity contribution in [2.24, 2.45) is 5.73 Å². The number of amides is 1. The number of carboxylic acids is 1. The second-order valence-corrected chi connectivity index (χ2v) is 8.08. The number of aliphatic carboxylic acids is 1. The van der Waals surface area contributed by atoms with Crippen LogP contribution in [-0.2, 0) is 9.59 Å². The van der Waals surface area contributed by atoms with E-state index in [0.29, 0.717) is 19.4 Å². The van der Waals surface area contributed by atoms with Crippen molar-refractivity contribution in [3.05, 3.63) is 12.2 Å². The fourth-order valence-electron chi connectivity index (χ4n) is 3.37. The molecule has 0 rings (SSSR count). The lowest BCUT2D eigenvalue weighted by Gasteiger charge is -2.14. The predicted molar refractivity (Wildman–Crippen MR) is 122 cm³/mol. The normalized spacial score (nSPS) is 12.3. The van der Waals surface area contributed by atoms with Crippen LogP contribution in [0.1, 0.15) is 116 Å². The molecule has 0 aliphatic carbocycles. The lowest BCUT2D eigenvalue weighted by molar-refractivity contribution is -0.142. The molecule has 170 valence electrons. The average molecular weight is 411 g/mol. The van der Waals surface area contributed by atoms with Crippen LogP contribution >= 0.6 is 0 Å². The molecule has 0 radical (unpaired) electrons. The van der Waals surface area contributed by atoms with Crippen molar-refractivity contribution in [3.8, 4) is 0 Å². The molecule has 1 atom stereocenters. The minimum Gasteiger partial charge on any atom is -0.480 e. The van der Waals surface area contributed by atoms with Crippen LogP contribution in [0.5, 0.6) is 0 Å². The number of carbonyl (C=O) groups is 2. The highest BCUT2D eigenvalue weighted by Gasteiger charge is 2.18. The maximum Gasteiger partial charge on any atom is 0.326 e. The van der Waals surface area contributed by atoms with E-state index in [2.05, 4.69) is 24.4 Å². The van der Waals surface area contributed by atoms with Crippen molar-refractivity contribution in [2.75, 3.05) is 6.54 Å². The van der Waals surface area contributed by atoms with Crippen molar-refractivity contribution >= 4 is 11.9 Å². The van der Waals surface area contributed by atoms with Gasteiger partial charge in [0, 0.05) is 6.42 Å². The monoisotopic (exact) mass is 410 g/mol. The SMILES string of the molecule is CCCCCCCC/C=C/CCCCCCCC(=O)N[C@@H](CCCCN)C(=O)O. The molecule has 0 saturated heterocycles. The molecular formula is C24H46N2O3. The summed E-state index contributed by atoms with van der Waals surface area (Å²) in [6.07, 6.45) is 22.9. The molecule has 0 aromatic rings. The van der Waals surface area contributed by atoms with E-state index in [4.69, 9.17) is 5.73 Å². The number of hydrogen-bond donors (Lipinski definition) is 3. The van der Waals surface area contributed by atoms with Crippen molar-refractivity contribution < 1.29 is 14.7 Å². The largest absolute Gasteiger partial charge is 0.480 e. The van der Waals surface area contributed by atoms with Crippen LogP contribution < -0.4 is 11.1 Å². The van der Waals surface area contributed by atoms with Gasteiger partial charge in [-0.1, -0.05) is 70.4 Å². The molecule has 1 amide bonds. The Bertz CT molecular complexity index is 424. The second kappa shape index (κ2) is 21.4. The number of hydrogen-bond acceptors (Lipinski definition) is 3. The number of nitrogens with two attached hydrogens (primary N) is 1. The van der Waals surface area contributed by atoms with Crippen molar-refractivity contribution in [1.29, 1.82) is 0 Å². The standard InChI is InChI=1S/C24H46N2O3/c1-2-3-4-5-6-7-8-9-10-11-12-13-14-15-16-20-23(27)26-22(24(28)29)19-17-18-21-25/h9-10,22H,2-8,11-21,25H2,1H3,(H,26,27)(H,28,29)/b10-9+/t22-/m0/s1. The third-order valence-electron chi connectivity index (χ3n) is 5.25. The summed E-state index contributed by atoms with van der Waals surface area (Å²) in [6, 6.07) is -0.780. The van der Waals surface area contributed by atoms with E-state index in [-0.39, 0.29) is 5.91 Å². The maximum absolute atomic E-state index is 11.9. The predicted octanol–water partition coefficient (Wildman–Crippen LogP) is 5.72. The Balaban J connectivity index is 3.51. The van der Waals surface area contributed by atoms with Gasteiger partial charge >= 0.3 is 5.97 Å². The van der Waals surface area contributed by atoms with Gasteiger partial charge in [-0.05, 0) is 57.9 Å². The van der Waals surface area contributed by atoms with Gasteiger partial charge in [0.25, 0.3) is 0 Å². The van der Waals surface area contributed by atoms with Crippen LogP contribution in [0.25, 0.3) is 0 Å². The van der Waals surface area contributed by atoms with E-state index in [1.165, 1.54) is 57.8 Å². The van der Waals surface area contributed by atoms with Crippen LogP contribution in [0.15, 0.2) is 12.2 Å². The van der Waals surface area contributed by atoms with Gasteiger partial charge in [0.05, 0.1) is 0 Å². The van der Waals surface area contributed by atoms with Gasteiger partial charge in [0.1, 0.15) is 6.04 Å². The first-order chi connectivity index (χ1) is 14.1. The average Bonchev–Trinajstić information content (AvgIpc) is 2.70. The van der Waals surface area contributed by atoms with Crippen LogP contribution in [0.4, 0.5) is 0 Å². The number of carbonyl (C=O) groups excluding carboxylic acids is 1. The van der Waals surface area contributed by atoms with Gasteiger partial charge < -0.3 is 16.2 Å². The molecule has 0 aromatic carbocycles. The third kappa shape index (κ3) is 19.7. The zero-order chi connectivity index (χ0) is 21.6. The topological polar surface area (TPSA) is 92.4 Å². The maximum atomic E-state index is 11.9. The number of allylic oxidation sites excluding steroid dienone is 2. The molecule has 5 nitrogen and oxygen atoms in total. The van der Waals surface area contributed by atoms with E-state index in [1.54, 1.807) is 0 Å². The Morgan fingerprint density at radius 1 is 0.828 bits per heavy atom. The zero-order valence-corrected chi connectivity index (χ0v) is 18.8. The van der Waals surface area contributed by atoms with E-state index in [1.807, 2.05) is 0 Å². The summed E-state index contributed by atoms with van der Waals surface area (Å²) in [6.45, 7) is 2.80. The van der Waals surface area contributed by atoms with Gasteiger partial charge in [0.15, 0.2) is 0 Å². The molecule has 0 aliphatic heterocycles. The highest BCUT2D eigenvalue weighted by molar-refractivity contribution is 5.83. The Hall–Kier alpha value is -1.36. The number of carboxylic acid groups (broad SMARTS) is 1. The fraction of sp³-hybridized carbons (Fsp3) is 0.833. The molecule has 0 heterocycles. The highest BCUT2D eigenvalue weighted by atomic mass is 16.4. The van der Waals surface area contributed by atoms with Gasteiger partial charge in [-0.15, -0.1) is 0 Å². The molecule has 0 bridgehead atoms. The number of rotatable bonds is 21. The Morgan fingerprint density at radius 3 is 1.93 bits per heavy atom. The van der Waals surface area contributed by atoms with E-state index >= 15 is 0 Å². The summed E-state index contributed by atoms with van der Waals surface area (Å²) in [4.78, 5) is 23.1. The Labute approximate surface area is 178 Å². The van der Waals surface area contributed by atoms with Gasteiger partial charge in [-0.3, -0.25) is 4.79 Å². The first-order valence-electron chi connectivity index (χ1n) is 12.0. The fourth-order valence-corrected chi connectivity index (χ4v) is 3.37. The zero-order valence-electron chi connectivity index (χ0n) is 18.8. The van der Waals surface area contributed by atoms with Gasteiger partial charge in [-0.25, -0.2) is 4.79 Å². The molecule has 0 aromatic heterocycles. The molecule has 0 saturated carbocycles. The summed E-state index contributed by atoms with van der Waals surface area (Å²) in [5, 5.41) is 11.8. The highest BCUT2D eigenvalue weighted by Crippen LogP contribution is 2.10. The summed E-state index contributed by atoms with van der Waals surface area (Å²) >= 11 is 0. The Kier molecular flexibility index (Phi) is 20.3. The first-order valence-corrected chi connectivity index (χ1v) is 12.0. The molecule has 0 aliphatic rings. The number of unbranched alkanes of at least 4 members (excludes halogenated alkanes) is 12. The van der Waals surface area contributed by atoms with E-state index in [0.717, 1.165) is 38.5 Å². The summed E-state index contributed by atoms with van der Waals surface area (Å²) < 4.78 is 0. The molecule has 0 unspecified atom stereocenters. The third-order valence-corrected chi connectivity index (χ3v) is 5.25. The minimum absolute atomic E-state index is 0.150. The van der Waals surface area contributed by atoms with Crippen LogP contribution in [0, 0.1) is 0 Å². The van der Waals surface area contributed by atoms with Crippen molar-refractivity contribution in [2.45, 2.75) is 122 Å². The van der Waals surface area contributed by atoms with Crippen LogP contribution in [-0.4, -0.2) is 29.6 Å². The van der Waals surface area contributed by atoms with Crippen LogP contribution in [0.2, 0.25) is 0 Å². The number of nitrogens with one attached hydrogen (secondary N) is 1. The van der Waals surface area contributed by atoms with E-state index < -0.39 is 12.0 Å². The molecule has 5 heteroatoms. The molecular weight excluding hydrogens is 364 g/mol. The summed E-state index contributed by atoms with van der Waals surface area (Å²) in [7, 11) is 0. The summed E-state index contributed by atoms with van der Waals surface area (Å²) in [5.41, 5.74) is 5.42. The molecule has 0 spiro atoms. The van der Waals surface area contributed by atoms with Crippen LogP contribution in [0.3, 0.4) is 0 Å². The molecule has 0 fully saturated rings. The van der Waals surface area contributed by atoms with Gasteiger partial charge in [-0.2, -0.15) is 0 Å². The first kappa shape index (κ1) is 27.6. The minimum atomic E-state index is -0.958. The molecule has 4 N–H and O–H groups in total. The molecule has 29 heavy (non-hydrogen) atoms. The quantitative estimate of drug-likeness (QED) is 0.167. The lowest BCUT2D eigenvalue weighted by Crippen LogP contribution is -2.40. The second-order valence-electron chi connectivity index (χ2n) is 8.08. The Morgan fingerprint density at radius 2 is 1.38 bits per heavy atom. The smallest absolute Gasteiger partial charge is 0.326 e. The van der Waals surface area contributed by atoms with E-state index in [9.17, 15) is 14.7 Å². The van der Waals surface area contributed by atoms with Crippen molar-refractivity contribution in [1.82, 2.24) is 5.32 Å². The summed E-state index contributed by atoms with van der Waals surface area (Å²) in [5.74, 6) is -1.11. The lowest BCUT2D eigenvalue weighted by atomic mass is 10.1. The van der Waals surface area contributed by atoms with Crippen molar-refractivity contribution in [3.63, 3.8) is 0 Å². The van der Waals surface area contributed by atoms with Gasteiger partial charge in [0.2, 0.25) is 5.91 Å².